The molecule has 0 aromatic rings. The number of nitrogens with zero attached hydrogens (tertiary/aromatic N) is 1. The summed E-state index contributed by atoms with van der Waals surface area (Å²) < 4.78 is 10.6. The Bertz CT molecular complexity index is 404. The van der Waals surface area contributed by atoms with E-state index in [-0.39, 0.29) is 36.1 Å². The zero-order chi connectivity index (χ0) is 18.5. The fourth-order valence-electron chi connectivity index (χ4n) is 2.37. The Hall–Kier alpha value is -0.770. The van der Waals surface area contributed by atoms with Crippen LogP contribution >= 0.6 is 24.0 Å². The number of ether oxygens (including phenoxy) is 2. The monoisotopic (exact) mass is 484 g/mol. The maximum absolute atomic E-state index is 11.6. The van der Waals surface area contributed by atoms with Crippen molar-refractivity contribution in [2.75, 3.05) is 39.5 Å². The highest BCUT2D eigenvalue weighted by molar-refractivity contribution is 14.0. The molecule has 1 atom stereocenters. The van der Waals surface area contributed by atoms with Crippen molar-refractivity contribution >= 4 is 36.0 Å². The summed E-state index contributed by atoms with van der Waals surface area (Å²) in [5.74, 6) is 1.86. The van der Waals surface area contributed by atoms with E-state index in [4.69, 9.17) is 9.47 Å². The zero-order valence-electron chi connectivity index (χ0n) is 16.7. The van der Waals surface area contributed by atoms with Gasteiger partial charge < -0.3 is 25.4 Å². The van der Waals surface area contributed by atoms with Crippen LogP contribution in [0.5, 0.6) is 0 Å². The first-order valence-corrected chi connectivity index (χ1v) is 9.60. The molecule has 0 aromatic heterocycles. The first-order chi connectivity index (χ1) is 12.1. The van der Waals surface area contributed by atoms with Gasteiger partial charge in [-0.1, -0.05) is 13.8 Å². The molecule has 1 amide bonds. The van der Waals surface area contributed by atoms with E-state index in [2.05, 4.69) is 34.8 Å². The van der Waals surface area contributed by atoms with Crippen molar-refractivity contribution in [2.45, 2.75) is 53.0 Å². The lowest BCUT2D eigenvalue weighted by molar-refractivity contribution is 0.108. The highest BCUT2D eigenvalue weighted by atomic mass is 127. The number of alkyl carbamates (subject to hydrolysis) is 1. The Morgan fingerprint density at radius 1 is 1.23 bits per heavy atom. The second kappa shape index (κ2) is 15.3. The van der Waals surface area contributed by atoms with Crippen LogP contribution in [0.1, 0.15) is 47.0 Å². The number of amides is 1. The predicted octanol–water partition coefficient (Wildman–Crippen LogP) is 2.75. The number of guanidine groups is 1. The second-order valence-electron chi connectivity index (χ2n) is 6.78. The van der Waals surface area contributed by atoms with Crippen LogP contribution < -0.4 is 16.0 Å². The van der Waals surface area contributed by atoms with E-state index >= 15 is 0 Å². The zero-order valence-corrected chi connectivity index (χ0v) is 19.0. The molecule has 8 heteroatoms. The van der Waals surface area contributed by atoms with E-state index in [1.165, 1.54) is 0 Å². The van der Waals surface area contributed by atoms with Gasteiger partial charge in [0.2, 0.25) is 0 Å². The average Bonchev–Trinajstić information content (AvgIpc) is 3.39. The second-order valence-corrected chi connectivity index (χ2v) is 6.78. The maximum atomic E-state index is 11.6. The minimum absolute atomic E-state index is 0. The molecule has 1 unspecified atom stereocenters. The SMILES string of the molecule is CCNC(=NCC(NC(=O)OCC)C1CC1)NCCCOCC(C)C.I. The Balaban J connectivity index is 0.00000625. The highest BCUT2D eigenvalue weighted by Crippen LogP contribution is 2.32. The van der Waals surface area contributed by atoms with Crippen molar-refractivity contribution in [1.82, 2.24) is 16.0 Å². The summed E-state index contributed by atoms with van der Waals surface area (Å²) in [5.41, 5.74) is 0. The van der Waals surface area contributed by atoms with Crippen LogP contribution in [0.2, 0.25) is 0 Å². The van der Waals surface area contributed by atoms with Gasteiger partial charge in [0.25, 0.3) is 0 Å². The van der Waals surface area contributed by atoms with Gasteiger partial charge in [0, 0.05) is 26.3 Å². The Labute approximate surface area is 175 Å². The average molecular weight is 484 g/mol. The molecule has 154 valence electrons. The number of nitrogens with one attached hydrogen (secondary N) is 3. The molecule has 7 nitrogen and oxygen atoms in total. The minimum atomic E-state index is -0.352. The quantitative estimate of drug-likeness (QED) is 0.172. The van der Waals surface area contributed by atoms with Crippen LogP contribution in [-0.4, -0.2) is 57.5 Å². The van der Waals surface area contributed by atoms with Gasteiger partial charge in [-0.2, -0.15) is 0 Å². The summed E-state index contributed by atoms with van der Waals surface area (Å²) in [6.07, 6.45) is 2.87. The molecule has 1 aliphatic carbocycles. The molecule has 1 aliphatic rings. The lowest BCUT2D eigenvalue weighted by Gasteiger charge is -2.17. The Morgan fingerprint density at radius 3 is 2.54 bits per heavy atom. The van der Waals surface area contributed by atoms with Crippen LogP contribution in [-0.2, 0) is 9.47 Å². The highest BCUT2D eigenvalue weighted by Gasteiger charge is 2.32. The fourth-order valence-corrected chi connectivity index (χ4v) is 2.37. The Kier molecular flexibility index (Phi) is 14.9. The Morgan fingerprint density at radius 2 is 1.96 bits per heavy atom. The van der Waals surface area contributed by atoms with Gasteiger partial charge in [0.1, 0.15) is 0 Å². The lowest BCUT2D eigenvalue weighted by atomic mass is 10.2. The van der Waals surface area contributed by atoms with Crippen molar-refractivity contribution in [3.63, 3.8) is 0 Å². The third kappa shape index (κ3) is 12.6. The van der Waals surface area contributed by atoms with Gasteiger partial charge in [-0.3, -0.25) is 4.99 Å². The van der Waals surface area contributed by atoms with Crippen molar-refractivity contribution < 1.29 is 14.3 Å². The predicted molar refractivity (Wildman–Crippen MR) is 116 cm³/mol. The molecule has 0 aliphatic heterocycles. The van der Waals surface area contributed by atoms with E-state index < -0.39 is 0 Å². The van der Waals surface area contributed by atoms with E-state index in [0.29, 0.717) is 25.0 Å². The summed E-state index contributed by atoms with van der Waals surface area (Å²) >= 11 is 0. The first-order valence-electron chi connectivity index (χ1n) is 9.60. The van der Waals surface area contributed by atoms with Gasteiger partial charge in [-0.15, -0.1) is 24.0 Å². The smallest absolute Gasteiger partial charge is 0.407 e. The summed E-state index contributed by atoms with van der Waals surface area (Å²) in [7, 11) is 0. The van der Waals surface area contributed by atoms with Gasteiger partial charge in [-0.05, 0) is 44.9 Å². The number of hydrogen-bond donors (Lipinski definition) is 3. The topological polar surface area (TPSA) is 84.0 Å². The summed E-state index contributed by atoms with van der Waals surface area (Å²) in [6, 6.07) is 0.0453. The van der Waals surface area contributed by atoms with Crippen LogP contribution in [0.25, 0.3) is 0 Å². The molecule has 0 spiro atoms. The third-order valence-corrected chi connectivity index (χ3v) is 3.77. The molecule has 0 heterocycles. The largest absolute Gasteiger partial charge is 0.450 e. The van der Waals surface area contributed by atoms with E-state index in [1.807, 2.05) is 13.8 Å². The number of hydrogen-bond acceptors (Lipinski definition) is 4. The van der Waals surface area contributed by atoms with Crippen LogP contribution in [0.3, 0.4) is 0 Å². The molecule has 3 N–H and O–H groups in total. The number of rotatable bonds is 12. The summed E-state index contributed by atoms with van der Waals surface area (Å²) in [6.45, 7) is 12.2. The van der Waals surface area contributed by atoms with Crippen molar-refractivity contribution in [2.24, 2.45) is 16.8 Å². The lowest BCUT2D eigenvalue weighted by Crippen LogP contribution is -2.42. The number of halogens is 1. The third-order valence-electron chi connectivity index (χ3n) is 3.77. The van der Waals surface area contributed by atoms with Crippen LogP contribution in [0.4, 0.5) is 4.79 Å². The molecule has 0 aromatic carbocycles. The van der Waals surface area contributed by atoms with Crippen molar-refractivity contribution in [3.8, 4) is 0 Å². The van der Waals surface area contributed by atoms with Crippen LogP contribution in [0.15, 0.2) is 4.99 Å². The molecule has 1 saturated carbocycles. The normalized spacial score (nSPS) is 15.2. The van der Waals surface area contributed by atoms with Crippen molar-refractivity contribution in [3.05, 3.63) is 0 Å². The first kappa shape index (κ1) is 25.2. The van der Waals surface area contributed by atoms with Crippen LogP contribution in [0, 0.1) is 11.8 Å². The molecule has 0 radical (unpaired) electrons. The number of carbonyl (C=O) groups excluding carboxylic acids is 1. The number of carbonyl (C=O) groups is 1. The standard InChI is InChI=1S/C18H36N4O3.HI/c1-5-19-17(20-10-7-11-24-13-14(3)4)21-12-16(15-8-9-15)22-18(23)25-6-2;/h14-16H,5-13H2,1-4H3,(H,22,23)(H2,19,20,21);1H. The van der Waals surface area contributed by atoms with Gasteiger partial charge in [-0.25, -0.2) is 4.79 Å². The fraction of sp³-hybridized carbons (Fsp3) is 0.889. The molecule has 0 bridgehead atoms. The van der Waals surface area contributed by atoms with Gasteiger partial charge in [0.05, 0.1) is 19.2 Å². The molecule has 1 rings (SSSR count). The van der Waals surface area contributed by atoms with E-state index in [0.717, 1.165) is 51.5 Å². The molecule has 0 saturated heterocycles. The minimum Gasteiger partial charge on any atom is -0.450 e. The maximum Gasteiger partial charge on any atom is 0.407 e. The summed E-state index contributed by atoms with van der Waals surface area (Å²) in [5, 5.41) is 9.48. The van der Waals surface area contributed by atoms with Gasteiger partial charge >= 0.3 is 6.09 Å². The van der Waals surface area contributed by atoms with Crippen molar-refractivity contribution in [1.29, 1.82) is 0 Å². The molecular formula is C18H37IN4O3. The van der Waals surface area contributed by atoms with Gasteiger partial charge in [0.15, 0.2) is 5.96 Å². The number of aliphatic imine (C=N–C) groups is 1. The van der Waals surface area contributed by atoms with E-state index in [1.54, 1.807) is 0 Å². The summed E-state index contributed by atoms with van der Waals surface area (Å²) in [4.78, 5) is 16.3. The molecule has 1 fully saturated rings. The molecular weight excluding hydrogens is 447 g/mol. The molecule has 26 heavy (non-hydrogen) atoms. The van der Waals surface area contributed by atoms with E-state index in [9.17, 15) is 4.79 Å².